The van der Waals surface area contributed by atoms with Gasteiger partial charge in [-0.1, -0.05) is 32.4 Å². The molecule has 2 fully saturated rings. The minimum atomic E-state index is -1.37. The van der Waals surface area contributed by atoms with Crippen LogP contribution in [0.2, 0.25) is 0 Å². The number of nitrogens with two attached hydrogens (primary N) is 2. The fourth-order valence-corrected chi connectivity index (χ4v) is 7.04. The predicted octanol–water partition coefficient (Wildman–Crippen LogP) is 0.914. The number of carboxylic acid groups (broad SMARTS) is 1. The molecular formula is C45H77KN8O10. The van der Waals surface area contributed by atoms with Gasteiger partial charge >= 0.3 is 57.5 Å². The topological polar surface area (TPSA) is 250 Å². The van der Waals surface area contributed by atoms with Gasteiger partial charge in [0.2, 0.25) is 17.7 Å². The number of nitrogens with one attached hydrogen (secondary N) is 5. The first-order chi connectivity index (χ1) is 29.8. The first-order valence-electron chi connectivity index (χ1n) is 22.2. The number of hydrogen-bond acceptors (Lipinski definition) is 14. The van der Waals surface area contributed by atoms with Crippen LogP contribution in [0.15, 0.2) is 35.7 Å². The maximum atomic E-state index is 13.0. The summed E-state index contributed by atoms with van der Waals surface area (Å²) < 4.78 is 26.7. The van der Waals surface area contributed by atoms with Crippen LogP contribution >= 0.6 is 0 Å². The van der Waals surface area contributed by atoms with Crippen molar-refractivity contribution < 1.29 is 99.4 Å². The molecule has 0 radical (unpaired) electrons. The number of carbonyl (C=O) groups is 4. The van der Waals surface area contributed by atoms with Gasteiger partial charge in [-0.2, -0.15) is 12.3 Å². The number of amides is 3. The van der Waals surface area contributed by atoms with Crippen molar-refractivity contribution in [1.29, 1.82) is 0 Å². The first-order valence-corrected chi connectivity index (χ1v) is 22.2. The van der Waals surface area contributed by atoms with Gasteiger partial charge in [-0.15, -0.1) is 0 Å². The molecule has 0 saturated heterocycles. The molecule has 0 aromatic heterocycles. The van der Waals surface area contributed by atoms with E-state index in [0.29, 0.717) is 44.1 Å². The molecule has 1 aromatic carbocycles. The van der Waals surface area contributed by atoms with Gasteiger partial charge in [0.25, 0.3) is 0 Å². The van der Waals surface area contributed by atoms with Gasteiger partial charge in [-0.05, 0) is 90.5 Å². The van der Waals surface area contributed by atoms with E-state index >= 15 is 0 Å². The molecule has 0 heterocycles. The maximum absolute atomic E-state index is 13.0. The van der Waals surface area contributed by atoms with E-state index in [4.69, 9.17) is 35.6 Å². The van der Waals surface area contributed by atoms with Crippen molar-refractivity contribution in [3.63, 3.8) is 0 Å². The largest absolute Gasteiger partial charge is 1.00 e. The third-order valence-electron chi connectivity index (χ3n) is 11.4. The van der Waals surface area contributed by atoms with E-state index in [1.54, 1.807) is 42.3 Å². The van der Waals surface area contributed by atoms with Crippen LogP contribution in [0, 0.1) is 17.8 Å². The third kappa shape index (κ3) is 21.9. The van der Waals surface area contributed by atoms with Crippen molar-refractivity contribution in [2.75, 3.05) is 72.1 Å². The van der Waals surface area contributed by atoms with Crippen molar-refractivity contribution in [2.24, 2.45) is 23.4 Å². The molecule has 4 rings (SSSR count). The zero-order chi connectivity index (χ0) is 46.6. The number of methoxy groups -OCH3 is 1. The van der Waals surface area contributed by atoms with Gasteiger partial charge < -0.3 is 66.7 Å². The number of anilines is 1. The average Bonchev–Trinajstić information content (AvgIpc) is 4.16. The molecule has 18 nitrogen and oxygen atoms in total. The molecule has 10 N–H and O–H groups in total. The number of carbonyl (C=O) groups excluding carboxylic acids is 3. The summed E-state index contributed by atoms with van der Waals surface area (Å²) in [6.45, 7) is 15.9. The number of likely N-dealkylation sites (N-methyl/N-ethyl adjacent to an activating group) is 1. The Morgan fingerprint density at radius 3 is 2.22 bits per heavy atom. The smallest absolute Gasteiger partial charge is 0.450 e. The Hall–Kier alpha value is -2.40. The number of nitrogens with zero attached hydrogens (tertiary/aromatic N) is 1. The molecule has 1 aromatic rings. The van der Waals surface area contributed by atoms with Gasteiger partial charge in [0.15, 0.2) is 0 Å². The Balaban J connectivity index is 0.000000697. The Kier molecular flexibility index (Phi) is 25.9. The number of allylic oxidation sites excluding steroid dienone is 2. The van der Waals surface area contributed by atoms with E-state index in [-0.39, 0.29) is 88.5 Å². The maximum Gasteiger partial charge on any atom is 1.00 e. The Morgan fingerprint density at radius 1 is 0.969 bits per heavy atom. The summed E-state index contributed by atoms with van der Waals surface area (Å²) in [5, 5.41) is 24.8. The predicted molar refractivity (Wildman–Crippen MR) is 241 cm³/mol. The molecule has 64 heavy (non-hydrogen) atoms. The quantitative estimate of drug-likeness (QED) is 0.0116. The van der Waals surface area contributed by atoms with Gasteiger partial charge in [0.05, 0.1) is 50.5 Å². The molecule has 3 aliphatic carbocycles. The summed E-state index contributed by atoms with van der Waals surface area (Å²) in [5.41, 5.74) is 8.15. The SMILES string of the molecule is CC(C)C(NC(=O)CC(C)(C)OCCC(C)(C)N(N)/C1=C(\N)CC[C-]2CC2CC1)C(=O)NCC(=O)Nc1ccc(COC(=O)O)cc1.CNCCOCCOCCNC1(OC)CC1.[K+]. The van der Waals surface area contributed by atoms with Crippen LogP contribution in [0.1, 0.15) is 105 Å². The van der Waals surface area contributed by atoms with Crippen molar-refractivity contribution in [2.45, 2.75) is 129 Å². The number of rotatable bonds is 27. The number of benzene rings is 1. The second kappa shape index (κ2) is 28.7. The number of fused-ring (bicyclic) bond motifs is 1. The molecule has 2 unspecified atom stereocenters. The van der Waals surface area contributed by atoms with E-state index < -0.39 is 35.2 Å². The Bertz CT molecular complexity index is 1630. The van der Waals surface area contributed by atoms with Gasteiger partial charge in [-0.25, -0.2) is 17.1 Å². The molecule has 2 saturated carbocycles. The summed E-state index contributed by atoms with van der Waals surface area (Å²) >= 11 is 0. The van der Waals surface area contributed by atoms with E-state index in [1.165, 1.54) is 6.42 Å². The van der Waals surface area contributed by atoms with Crippen LogP contribution in [0.25, 0.3) is 0 Å². The molecule has 0 spiro atoms. The van der Waals surface area contributed by atoms with Crippen molar-refractivity contribution in [3.05, 3.63) is 47.1 Å². The van der Waals surface area contributed by atoms with E-state index in [2.05, 4.69) is 45.2 Å². The zero-order valence-corrected chi connectivity index (χ0v) is 43.1. The minimum absolute atomic E-state index is 0. The molecule has 3 aliphatic rings. The van der Waals surface area contributed by atoms with Gasteiger partial charge in [0, 0.05) is 43.9 Å². The van der Waals surface area contributed by atoms with Gasteiger partial charge in [-0.3, -0.25) is 19.7 Å². The standard InChI is InChI=1S/C34H53N6O7.C11H24N2O3.K/c1-21(2)30(31(43)37-19-29(42)38-25-11-7-22(8-12-25)20-46-32(44)45)39-28(41)18-34(5,6)47-16-15-33(3,4)40(36)27-14-10-24-17-23(24)9-13-26(27)35;1-12-5-7-15-9-10-16-8-6-13-11(14-2)3-4-11;/h7-8,11-12,21,24,30H,9-10,13-20,35-36H2,1-6H3,(H,37,43)(H,38,42)(H,39,41)(H,44,45);12-13H,3-10H2,1-2H3;/q-1;;+1/b27-26-;;. The van der Waals surface area contributed by atoms with Gasteiger partial charge in [0.1, 0.15) is 18.4 Å². The summed E-state index contributed by atoms with van der Waals surface area (Å²) in [6.07, 6.45) is 6.55. The normalized spacial score (nSPS) is 18.4. The number of ether oxygens (including phenoxy) is 5. The summed E-state index contributed by atoms with van der Waals surface area (Å²) in [5.74, 6) is 7.46. The average molecular weight is 929 g/mol. The molecule has 2 atom stereocenters. The van der Waals surface area contributed by atoms with E-state index in [0.717, 1.165) is 75.5 Å². The van der Waals surface area contributed by atoms with Crippen LogP contribution < -0.4 is 89.5 Å². The molecule has 0 aliphatic heterocycles. The molecular weight excluding hydrogens is 852 g/mol. The molecule has 19 heteroatoms. The number of hydrazine groups is 1. The van der Waals surface area contributed by atoms with Crippen LogP contribution in [0.5, 0.6) is 0 Å². The summed E-state index contributed by atoms with van der Waals surface area (Å²) in [4.78, 5) is 48.9. The van der Waals surface area contributed by atoms with Crippen molar-refractivity contribution in [1.82, 2.24) is 26.3 Å². The van der Waals surface area contributed by atoms with E-state index in [1.807, 2.05) is 34.7 Å². The fraction of sp³-hybridized carbons (Fsp3) is 0.711. The molecule has 358 valence electrons. The van der Waals surface area contributed by atoms with Crippen LogP contribution in [0.4, 0.5) is 10.5 Å². The fourth-order valence-electron chi connectivity index (χ4n) is 7.04. The first kappa shape index (κ1) is 57.7. The monoisotopic (exact) mass is 929 g/mol. The van der Waals surface area contributed by atoms with Crippen molar-refractivity contribution >= 4 is 29.6 Å². The zero-order valence-electron chi connectivity index (χ0n) is 40.0. The van der Waals surface area contributed by atoms with Crippen LogP contribution in [0.3, 0.4) is 0 Å². The summed E-state index contributed by atoms with van der Waals surface area (Å²) in [7, 11) is 3.66. The van der Waals surface area contributed by atoms with E-state index in [9.17, 15) is 19.2 Å². The molecule has 3 amide bonds. The number of hydrogen-bond donors (Lipinski definition) is 8. The minimum Gasteiger partial charge on any atom is -0.450 e. The molecule has 0 bridgehead atoms. The third-order valence-corrected chi connectivity index (χ3v) is 11.4. The Labute approximate surface area is 423 Å². The van der Waals surface area contributed by atoms with Crippen molar-refractivity contribution in [3.8, 4) is 0 Å². The Morgan fingerprint density at radius 2 is 1.62 bits per heavy atom. The second-order valence-electron chi connectivity index (χ2n) is 18.0. The second-order valence-corrected chi connectivity index (χ2v) is 18.0. The van der Waals surface area contributed by atoms with Crippen LogP contribution in [-0.2, 0) is 44.7 Å². The van der Waals surface area contributed by atoms with Crippen LogP contribution in [-0.4, -0.2) is 124 Å². The summed E-state index contributed by atoms with van der Waals surface area (Å²) in [6, 6.07) is 5.59.